The van der Waals surface area contributed by atoms with Gasteiger partial charge in [-0.05, 0) is 60.9 Å². The minimum absolute atomic E-state index is 0.00380. The van der Waals surface area contributed by atoms with Crippen LogP contribution in [0.4, 0.5) is 25.8 Å². The number of hydrogen-bond donors (Lipinski definition) is 4. The van der Waals surface area contributed by atoms with E-state index in [2.05, 4.69) is 15.5 Å². The molecule has 0 bridgehead atoms. The number of amidine groups is 1. The number of nitrogen functional groups attached to an aromatic ring is 1. The Labute approximate surface area is 255 Å². The number of carbonyl (C=O) groups is 1. The molecule has 1 amide bonds. The monoisotopic (exact) mass is 575 g/mol. The predicted molar refractivity (Wildman–Crippen MR) is 171 cm³/mol. The molecule has 3 aromatic rings. The highest BCUT2D eigenvalue weighted by atomic mass is 19.1. The third-order valence-electron chi connectivity index (χ3n) is 8.11. The fourth-order valence-electron chi connectivity index (χ4n) is 5.50. The van der Waals surface area contributed by atoms with Gasteiger partial charge in [-0.25, -0.2) is 8.78 Å². The van der Waals surface area contributed by atoms with Crippen LogP contribution in [0.2, 0.25) is 12.6 Å². The molecule has 2 saturated heterocycles. The molecule has 0 saturated carbocycles. The molecule has 214 valence electrons. The number of carbonyl (C=O) groups excluding carboxylic acids is 1. The van der Waals surface area contributed by atoms with Crippen LogP contribution in [0.1, 0.15) is 39.9 Å². The number of nitrogens with one attached hydrogen (secondary N) is 3. The molecule has 0 atom stereocenters. The van der Waals surface area contributed by atoms with E-state index < -0.39 is 22.8 Å². The van der Waals surface area contributed by atoms with Gasteiger partial charge >= 0.3 is 0 Å². The molecule has 6 radical (unpaired) electrons. The molecule has 5 N–H and O–H groups in total. The SMILES string of the molecule is [B]B1CCN(c2ccc(C(=O)NC(=N)c3cc(C([B])([B])c4cc(F)cc(F)c4)ccc3N)c(NC3CCOCC3)c2)CC1. The lowest BCUT2D eigenvalue weighted by atomic mass is 9.28. The van der Waals surface area contributed by atoms with Crippen LogP contribution in [0.25, 0.3) is 0 Å². The summed E-state index contributed by atoms with van der Waals surface area (Å²) in [5.41, 5.74) is 8.76. The lowest BCUT2D eigenvalue weighted by Gasteiger charge is -2.32. The summed E-state index contributed by atoms with van der Waals surface area (Å²) in [5, 5.41) is 13.1. The average Bonchev–Trinajstić information content (AvgIpc) is 2.97. The Hall–Kier alpha value is -3.72. The summed E-state index contributed by atoms with van der Waals surface area (Å²) in [5.74, 6) is -2.44. The third-order valence-corrected chi connectivity index (χ3v) is 8.11. The molecule has 5 rings (SSSR count). The van der Waals surface area contributed by atoms with Crippen LogP contribution in [0.3, 0.4) is 0 Å². The van der Waals surface area contributed by atoms with E-state index in [9.17, 15) is 13.6 Å². The van der Waals surface area contributed by atoms with Gasteiger partial charge in [-0.3, -0.25) is 10.2 Å². The number of halogens is 2. The summed E-state index contributed by atoms with van der Waals surface area (Å²) in [6.45, 7) is 3.12. The predicted octanol–water partition coefficient (Wildman–Crippen LogP) is 3.41. The van der Waals surface area contributed by atoms with Crippen LogP contribution in [0, 0.1) is 17.0 Å². The molecule has 0 aromatic heterocycles. The van der Waals surface area contributed by atoms with Gasteiger partial charge in [0.25, 0.3) is 5.91 Å². The van der Waals surface area contributed by atoms with E-state index in [1.165, 1.54) is 18.2 Å². The van der Waals surface area contributed by atoms with Crippen molar-refractivity contribution in [2.45, 2.75) is 36.7 Å². The average molecular weight is 575 g/mol. The Morgan fingerprint density at radius 3 is 2.33 bits per heavy atom. The first-order valence-corrected chi connectivity index (χ1v) is 14.3. The van der Waals surface area contributed by atoms with Gasteiger partial charge in [0.2, 0.25) is 0 Å². The minimum atomic E-state index is -1.80. The zero-order valence-corrected chi connectivity index (χ0v) is 23.8. The van der Waals surface area contributed by atoms with Gasteiger partial charge < -0.3 is 26.0 Å². The van der Waals surface area contributed by atoms with Crippen molar-refractivity contribution in [2.24, 2.45) is 0 Å². The van der Waals surface area contributed by atoms with Gasteiger partial charge in [0.15, 0.2) is 0 Å². The van der Waals surface area contributed by atoms with Crippen molar-refractivity contribution in [2.75, 3.05) is 42.3 Å². The highest BCUT2D eigenvalue weighted by molar-refractivity contribution is 7.03. The Bertz CT molecular complexity index is 1490. The molecular weight excluding hydrogens is 544 g/mol. The Morgan fingerprint density at radius 2 is 1.65 bits per heavy atom. The van der Waals surface area contributed by atoms with Gasteiger partial charge in [-0.15, -0.1) is 0 Å². The van der Waals surface area contributed by atoms with E-state index in [-0.39, 0.29) is 40.9 Å². The Morgan fingerprint density at radius 1 is 0.977 bits per heavy atom. The van der Waals surface area contributed by atoms with Crippen LogP contribution in [-0.4, -0.2) is 74.1 Å². The first-order valence-electron chi connectivity index (χ1n) is 14.3. The smallest absolute Gasteiger partial charge is 0.258 e. The van der Waals surface area contributed by atoms with Crippen molar-refractivity contribution in [1.29, 1.82) is 5.41 Å². The third kappa shape index (κ3) is 7.09. The van der Waals surface area contributed by atoms with Crippen molar-refractivity contribution in [3.05, 3.63) is 88.5 Å². The minimum Gasteiger partial charge on any atom is -0.398 e. The highest BCUT2D eigenvalue weighted by Crippen LogP contribution is 2.31. The first kappa shape index (κ1) is 30.7. The summed E-state index contributed by atoms with van der Waals surface area (Å²) in [4.78, 5) is 15.8. The van der Waals surface area contributed by atoms with Crippen LogP contribution in [-0.2, 0) is 9.95 Å². The second-order valence-corrected chi connectivity index (χ2v) is 11.2. The first-order chi connectivity index (χ1) is 20.5. The van der Waals surface area contributed by atoms with E-state index in [0.717, 1.165) is 62.5 Å². The van der Waals surface area contributed by atoms with E-state index in [0.29, 0.717) is 24.5 Å². The summed E-state index contributed by atoms with van der Waals surface area (Å²) in [6.07, 6.45) is 3.39. The van der Waals surface area contributed by atoms with Crippen molar-refractivity contribution in [3.63, 3.8) is 0 Å². The molecule has 0 aliphatic carbocycles. The molecule has 13 heteroatoms. The molecule has 0 spiro atoms. The quantitative estimate of drug-likeness (QED) is 0.150. The van der Waals surface area contributed by atoms with Crippen LogP contribution >= 0.6 is 0 Å². The van der Waals surface area contributed by atoms with E-state index in [1.807, 2.05) is 12.1 Å². The zero-order valence-electron chi connectivity index (χ0n) is 23.8. The topological polar surface area (TPSA) is 103 Å². The van der Waals surface area contributed by atoms with E-state index in [4.69, 9.17) is 39.3 Å². The number of ether oxygens (including phenoxy) is 1. The van der Waals surface area contributed by atoms with Crippen LogP contribution in [0.5, 0.6) is 0 Å². The number of nitrogens with two attached hydrogens (primary N) is 1. The number of hydrogen-bond acceptors (Lipinski definition) is 6. The number of rotatable bonds is 7. The summed E-state index contributed by atoms with van der Waals surface area (Å²) >= 11 is 0. The van der Waals surface area contributed by atoms with Gasteiger partial charge in [0.1, 0.15) is 17.5 Å². The molecule has 2 aliphatic heterocycles. The second kappa shape index (κ2) is 12.9. The maximum atomic E-state index is 13.9. The van der Waals surface area contributed by atoms with Gasteiger partial charge in [-0.2, -0.15) is 0 Å². The summed E-state index contributed by atoms with van der Waals surface area (Å²) in [6, 6.07) is 13.0. The number of benzene rings is 3. The van der Waals surface area contributed by atoms with Crippen molar-refractivity contribution < 1.29 is 18.3 Å². The van der Waals surface area contributed by atoms with Gasteiger partial charge in [-0.1, -0.05) is 29.5 Å². The maximum Gasteiger partial charge on any atom is 0.258 e. The van der Waals surface area contributed by atoms with Crippen LogP contribution in [0.15, 0.2) is 54.6 Å². The molecule has 43 heavy (non-hydrogen) atoms. The second-order valence-electron chi connectivity index (χ2n) is 11.2. The number of amides is 1. The fourth-order valence-corrected chi connectivity index (χ4v) is 5.50. The van der Waals surface area contributed by atoms with Gasteiger partial charge in [0, 0.05) is 68.8 Å². The molecule has 2 fully saturated rings. The van der Waals surface area contributed by atoms with Crippen LogP contribution < -0.4 is 21.3 Å². The zero-order chi connectivity index (χ0) is 30.7. The van der Waals surface area contributed by atoms with Crippen molar-refractivity contribution in [3.8, 4) is 0 Å². The Kier molecular flexibility index (Phi) is 9.20. The van der Waals surface area contributed by atoms with E-state index >= 15 is 0 Å². The highest BCUT2D eigenvalue weighted by Gasteiger charge is 2.26. The largest absolute Gasteiger partial charge is 0.398 e. The summed E-state index contributed by atoms with van der Waals surface area (Å²) in [7, 11) is 18.7. The number of anilines is 3. The normalized spacial score (nSPS) is 16.1. The lowest BCUT2D eigenvalue weighted by molar-refractivity contribution is 0.0904. The fraction of sp³-hybridized carbons (Fsp3) is 0.333. The molecule has 2 aliphatic rings. The molecule has 2 heterocycles. The van der Waals surface area contributed by atoms with E-state index in [1.54, 1.807) is 6.07 Å². The Balaban J connectivity index is 1.40. The standard InChI is InChI=1S/C30H31B4F2N5O2/c31-30(32,19-13-20(35)16-21(36)14-19)18-1-4-26(37)25(15-18)28(38)40-29(42)24-3-2-23(41-9-7-34(33)8-10-41)17-27(24)39-22-5-11-43-12-6-22/h1-4,13-17,22,39H,5-12,37H2,(H2,38,40,42). The molecule has 3 aromatic carbocycles. The lowest BCUT2D eigenvalue weighted by Crippen LogP contribution is -2.37. The molecular formula is C30H31B4F2N5O2. The molecule has 7 nitrogen and oxygen atoms in total. The number of nitrogens with zero attached hydrogens (tertiary/aromatic N) is 1. The summed E-state index contributed by atoms with van der Waals surface area (Å²) < 4.78 is 33.3. The van der Waals surface area contributed by atoms with Crippen molar-refractivity contribution >= 4 is 58.8 Å². The molecule has 0 unspecified atom stereocenters. The van der Waals surface area contributed by atoms with Gasteiger partial charge in [0.05, 0.1) is 27.9 Å². The maximum absolute atomic E-state index is 13.9. The van der Waals surface area contributed by atoms with Crippen molar-refractivity contribution in [1.82, 2.24) is 5.32 Å².